The van der Waals surface area contributed by atoms with Gasteiger partial charge in [-0.3, -0.25) is 4.79 Å². The van der Waals surface area contributed by atoms with Crippen LogP contribution in [0.4, 0.5) is 5.00 Å². The third-order valence-corrected chi connectivity index (χ3v) is 2.63. The first-order valence-electron chi connectivity index (χ1n) is 4.23. The molecule has 1 aromatic rings. The van der Waals surface area contributed by atoms with Gasteiger partial charge >= 0.3 is 0 Å². The molecule has 0 saturated heterocycles. The lowest BCUT2D eigenvalue weighted by molar-refractivity contribution is -0.117. The number of nitrogens with one attached hydrogen (secondary N) is 1. The number of nitrogens with two attached hydrogens (primary N) is 1. The molecule has 1 heterocycles. The summed E-state index contributed by atoms with van der Waals surface area (Å²) in [5, 5.41) is 13.6. The Morgan fingerprint density at radius 3 is 3.14 bits per heavy atom. The van der Waals surface area contributed by atoms with E-state index in [-0.39, 0.29) is 5.91 Å². The van der Waals surface area contributed by atoms with Crippen molar-refractivity contribution < 1.29 is 4.79 Å². The van der Waals surface area contributed by atoms with Gasteiger partial charge in [0, 0.05) is 0 Å². The molecule has 0 aliphatic heterocycles. The summed E-state index contributed by atoms with van der Waals surface area (Å²) >= 11 is 1.32. The van der Waals surface area contributed by atoms with Crippen molar-refractivity contribution in [1.82, 2.24) is 0 Å². The molecular weight excluding hydrogens is 198 g/mol. The predicted molar refractivity (Wildman–Crippen MR) is 55.9 cm³/mol. The SMILES string of the molecule is CCC(N)C(=O)Nc1sccc1C#N. The Bertz CT molecular complexity index is 366. The summed E-state index contributed by atoms with van der Waals surface area (Å²) in [6, 6.07) is 3.15. The molecule has 74 valence electrons. The Morgan fingerprint density at radius 1 is 1.86 bits per heavy atom. The van der Waals surface area contributed by atoms with Crippen molar-refractivity contribution in [3.8, 4) is 6.07 Å². The minimum absolute atomic E-state index is 0.244. The van der Waals surface area contributed by atoms with Crippen LogP contribution in [0, 0.1) is 11.3 Å². The van der Waals surface area contributed by atoms with Crippen molar-refractivity contribution in [1.29, 1.82) is 5.26 Å². The average Bonchev–Trinajstić information content (AvgIpc) is 2.63. The number of carbonyl (C=O) groups is 1. The van der Waals surface area contributed by atoms with Crippen LogP contribution in [0.2, 0.25) is 0 Å². The lowest BCUT2D eigenvalue weighted by atomic mass is 10.2. The van der Waals surface area contributed by atoms with Crippen molar-refractivity contribution in [3.63, 3.8) is 0 Å². The molecule has 1 atom stereocenters. The van der Waals surface area contributed by atoms with E-state index >= 15 is 0 Å². The van der Waals surface area contributed by atoms with Gasteiger partial charge < -0.3 is 11.1 Å². The van der Waals surface area contributed by atoms with E-state index in [0.29, 0.717) is 17.0 Å². The van der Waals surface area contributed by atoms with Gasteiger partial charge in [0.05, 0.1) is 11.6 Å². The van der Waals surface area contributed by atoms with Gasteiger partial charge in [-0.15, -0.1) is 11.3 Å². The Morgan fingerprint density at radius 2 is 2.57 bits per heavy atom. The smallest absolute Gasteiger partial charge is 0.241 e. The number of hydrogen-bond donors (Lipinski definition) is 2. The van der Waals surface area contributed by atoms with Crippen LogP contribution in [0.25, 0.3) is 0 Å². The summed E-state index contributed by atoms with van der Waals surface area (Å²) in [6.07, 6.45) is 0.582. The Kier molecular flexibility index (Phi) is 3.63. The number of thiophene rings is 1. The molecule has 0 spiro atoms. The van der Waals surface area contributed by atoms with Gasteiger partial charge in [0.1, 0.15) is 11.1 Å². The minimum Gasteiger partial charge on any atom is -0.320 e. The third-order valence-electron chi connectivity index (χ3n) is 1.80. The molecule has 0 aromatic carbocycles. The zero-order chi connectivity index (χ0) is 10.6. The van der Waals surface area contributed by atoms with Gasteiger partial charge in [0.15, 0.2) is 0 Å². The summed E-state index contributed by atoms with van der Waals surface area (Å²) in [7, 11) is 0. The fraction of sp³-hybridized carbons (Fsp3) is 0.333. The van der Waals surface area contributed by atoms with E-state index < -0.39 is 6.04 Å². The molecule has 0 bridgehead atoms. The first-order chi connectivity index (χ1) is 6.69. The maximum absolute atomic E-state index is 11.4. The van der Waals surface area contributed by atoms with Crippen molar-refractivity contribution in [3.05, 3.63) is 17.0 Å². The molecule has 0 radical (unpaired) electrons. The molecule has 0 aliphatic carbocycles. The first kappa shape index (κ1) is 10.7. The first-order valence-corrected chi connectivity index (χ1v) is 5.11. The normalized spacial score (nSPS) is 11.8. The quantitative estimate of drug-likeness (QED) is 0.787. The van der Waals surface area contributed by atoms with Crippen molar-refractivity contribution in [2.75, 3.05) is 5.32 Å². The average molecular weight is 209 g/mol. The number of hydrogen-bond acceptors (Lipinski definition) is 4. The molecule has 3 N–H and O–H groups in total. The van der Waals surface area contributed by atoms with Gasteiger partial charge in [-0.2, -0.15) is 5.26 Å². The highest BCUT2D eigenvalue weighted by Gasteiger charge is 2.13. The summed E-state index contributed by atoms with van der Waals surface area (Å²) < 4.78 is 0. The molecule has 1 rings (SSSR count). The van der Waals surface area contributed by atoms with Crippen LogP contribution in [-0.2, 0) is 4.79 Å². The third kappa shape index (κ3) is 2.31. The van der Waals surface area contributed by atoms with Crippen LogP contribution < -0.4 is 11.1 Å². The monoisotopic (exact) mass is 209 g/mol. The molecule has 1 unspecified atom stereocenters. The second-order valence-corrected chi connectivity index (χ2v) is 3.70. The van der Waals surface area contributed by atoms with Gasteiger partial charge in [-0.05, 0) is 17.9 Å². The summed E-state index contributed by atoms with van der Waals surface area (Å²) in [5.41, 5.74) is 6.01. The number of anilines is 1. The predicted octanol–water partition coefficient (Wildman–Crippen LogP) is 1.30. The fourth-order valence-corrected chi connectivity index (χ4v) is 1.62. The van der Waals surface area contributed by atoms with Crippen molar-refractivity contribution in [2.45, 2.75) is 19.4 Å². The second kappa shape index (κ2) is 4.74. The van der Waals surface area contributed by atoms with E-state index in [4.69, 9.17) is 11.0 Å². The maximum Gasteiger partial charge on any atom is 0.241 e. The molecule has 14 heavy (non-hydrogen) atoms. The van der Waals surface area contributed by atoms with Crippen LogP contribution in [0.1, 0.15) is 18.9 Å². The molecular formula is C9H11N3OS. The van der Waals surface area contributed by atoms with Crippen molar-refractivity contribution >= 4 is 22.2 Å². The standard InChI is InChI=1S/C9H11N3OS/c1-2-7(11)8(13)12-9-6(5-10)3-4-14-9/h3-4,7H,2,11H2,1H3,(H,12,13). The fourth-order valence-electron chi connectivity index (χ4n) is 0.884. The van der Waals surface area contributed by atoms with E-state index in [1.807, 2.05) is 13.0 Å². The number of amides is 1. The van der Waals surface area contributed by atoms with E-state index in [1.165, 1.54) is 11.3 Å². The summed E-state index contributed by atoms with van der Waals surface area (Å²) in [6.45, 7) is 1.84. The zero-order valence-corrected chi connectivity index (χ0v) is 8.60. The van der Waals surface area contributed by atoms with Gasteiger partial charge in [0.2, 0.25) is 5.91 Å². The van der Waals surface area contributed by atoms with Crippen LogP contribution in [0.15, 0.2) is 11.4 Å². The topological polar surface area (TPSA) is 78.9 Å². The Balaban J connectivity index is 2.70. The lowest BCUT2D eigenvalue weighted by Gasteiger charge is -2.08. The van der Waals surface area contributed by atoms with Gasteiger partial charge in [-0.1, -0.05) is 6.92 Å². The summed E-state index contributed by atoms with van der Waals surface area (Å²) in [4.78, 5) is 11.4. The molecule has 5 heteroatoms. The van der Waals surface area contributed by atoms with Crippen molar-refractivity contribution in [2.24, 2.45) is 5.73 Å². The van der Waals surface area contributed by atoms with E-state index in [2.05, 4.69) is 5.32 Å². The Hall–Kier alpha value is -1.38. The van der Waals surface area contributed by atoms with Crippen LogP contribution in [-0.4, -0.2) is 11.9 Å². The molecule has 1 aromatic heterocycles. The number of rotatable bonds is 3. The highest BCUT2D eigenvalue weighted by molar-refractivity contribution is 7.14. The van der Waals surface area contributed by atoms with E-state index in [1.54, 1.807) is 11.4 Å². The zero-order valence-electron chi connectivity index (χ0n) is 7.78. The van der Waals surface area contributed by atoms with Crippen LogP contribution in [0.3, 0.4) is 0 Å². The molecule has 0 fully saturated rings. The highest BCUT2D eigenvalue weighted by Crippen LogP contribution is 2.22. The van der Waals surface area contributed by atoms with E-state index in [9.17, 15) is 4.79 Å². The number of nitriles is 1. The molecule has 4 nitrogen and oxygen atoms in total. The number of nitrogens with zero attached hydrogens (tertiary/aromatic N) is 1. The Labute approximate surface area is 86.3 Å². The lowest BCUT2D eigenvalue weighted by Crippen LogP contribution is -2.34. The summed E-state index contributed by atoms with van der Waals surface area (Å²) in [5.74, 6) is -0.244. The minimum atomic E-state index is -0.511. The second-order valence-electron chi connectivity index (χ2n) is 2.78. The molecule has 0 aliphatic rings. The van der Waals surface area contributed by atoms with E-state index in [0.717, 1.165) is 0 Å². The van der Waals surface area contributed by atoms with Crippen LogP contribution >= 0.6 is 11.3 Å². The number of carbonyl (C=O) groups excluding carboxylic acids is 1. The largest absolute Gasteiger partial charge is 0.320 e. The molecule has 0 saturated carbocycles. The van der Waals surface area contributed by atoms with Gasteiger partial charge in [0.25, 0.3) is 0 Å². The maximum atomic E-state index is 11.4. The van der Waals surface area contributed by atoms with Gasteiger partial charge in [-0.25, -0.2) is 0 Å². The highest BCUT2D eigenvalue weighted by atomic mass is 32.1. The van der Waals surface area contributed by atoms with Crippen LogP contribution in [0.5, 0.6) is 0 Å². The molecule has 1 amide bonds.